The molecule has 10 aromatic carbocycles. The number of fused-ring (bicyclic) bond motifs is 7. The Bertz CT molecular complexity index is 3330. The fourth-order valence-electron chi connectivity index (χ4n) is 8.93. The maximum atomic E-state index is 4.74. The molecule has 0 aliphatic rings. The third-order valence-corrected chi connectivity index (χ3v) is 11.7. The molecule has 0 spiro atoms. The Hall–Kier alpha value is -7.42. The fourth-order valence-corrected chi connectivity index (χ4v) is 8.93. The molecule has 57 heavy (non-hydrogen) atoms. The van der Waals surface area contributed by atoms with Crippen LogP contribution in [0.2, 0.25) is 0 Å². The van der Waals surface area contributed by atoms with Crippen LogP contribution in [0.15, 0.2) is 200 Å². The van der Waals surface area contributed by atoms with Gasteiger partial charge < -0.3 is 0 Å². The van der Waals surface area contributed by atoms with Gasteiger partial charge in [-0.05, 0) is 106 Å². The summed E-state index contributed by atoms with van der Waals surface area (Å²) < 4.78 is 0. The highest BCUT2D eigenvalue weighted by atomic mass is 14.8. The Labute approximate surface area is 331 Å². The Morgan fingerprint density at radius 1 is 0.298 bits per heavy atom. The Kier molecular flexibility index (Phi) is 7.75. The minimum absolute atomic E-state index is 0.860. The van der Waals surface area contributed by atoms with Gasteiger partial charge in [-0.2, -0.15) is 0 Å². The average Bonchev–Trinajstić information content (AvgIpc) is 3.28. The Balaban J connectivity index is 0.987. The zero-order valence-corrected chi connectivity index (χ0v) is 31.4. The molecular weight excluding hydrogens is 689 g/mol. The zero-order chi connectivity index (χ0) is 37.9. The molecule has 0 atom stereocenters. The van der Waals surface area contributed by atoms with Crippen LogP contribution in [0.25, 0.3) is 110 Å². The van der Waals surface area contributed by atoms with Crippen LogP contribution in [0, 0.1) is 6.92 Å². The molecule has 266 valence electrons. The number of rotatable bonds is 5. The summed E-state index contributed by atoms with van der Waals surface area (Å²) in [6, 6.07) is 68.4. The summed E-state index contributed by atoms with van der Waals surface area (Å²) in [7, 11) is 0. The van der Waals surface area contributed by atoms with Crippen molar-refractivity contribution in [3.8, 4) is 55.9 Å². The van der Waals surface area contributed by atoms with Crippen LogP contribution < -0.4 is 0 Å². The molecule has 0 unspecified atom stereocenters. The van der Waals surface area contributed by atoms with E-state index in [2.05, 4.69) is 177 Å². The summed E-state index contributed by atoms with van der Waals surface area (Å²) in [5.41, 5.74) is 12.5. The van der Waals surface area contributed by atoms with Gasteiger partial charge >= 0.3 is 0 Å². The second-order valence-electron chi connectivity index (χ2n) is 15.0. The number of aryl methyl sites for hydroxylation is 1. The normalized spacial score (nSPS) is 11.6. The lowest BCUT2D eigenvalue weighted by Gasteiger charge is -2.16. The second kappa shape index (κ2) is 13.4. The Morgan fingerprint density at radius 3 is 1.47 bits per heavy atom. The van der Waals surface area contributed by atoms with Gasteiger partial charge in [0.05, 0.1) is 23.8 Å². The number of hydrogen-bond donors (Lipinski definition) is 0. The SMILES string of the molecule is Cc1cccc2ccc3cccc(-c4cccc5ccc6cc(-c7ccc(-c8ccc(-c9cnc(-c%10ccccc%10)cn9)cc8)c8ccccc78)ccc6c45)c3c12. The molecule has 0 N–H and O–H groups in total. The summed E-state index contributed by atoms with van der Waals surface area (Å²) in [5, 5.41) is 12.7. The van der Waals surface area contributed by atoms with Gasteiger partial charge in [-0.3, -0.25) is 9.97 Å². The van der Waals surface area contributed by atoms with E-state index < -0.39 is 0 Å². The molecule has 2 nitrogen and oxygen atoms in total. The topological polar surface area (TPSA) is 25.8 Å². The maximum absolute atomic E-state index is 4.74. The Morgan fingerprint density at radius 2 is 0.807 bits per heavy atom. The van der Waals surface area contributed by atoms with Crippen molar-refractivity contribution in [2.45, 2.75) is 6.92 Å². The number of aromatic nitrogens is 2. The van der Waals surface area contributed by atoms with Gasteiger partial charge in [-0.25, -0.2) is 0 Å². The van der Waals surface area contributed by atoms with Gasteiger partial charge in [0.2, 0.25) is 0 Å². The lowest BCUT2D eigenvalue weighted by molar-refractivity contribution is 1.21. The van der Waals surface area contributed by atoms with Crippen LogP contribution in [0.3, 0.4) is 0 Å². The standard InChI is InChI=1S/C55H36N2/c1-35-10-7-13-39-24-25-41-15-9-19-50(55(41)53(35)39)49-18-8-14-40-26-27-43-32-42(28-29-46(43)54(40)49)45-31-30-44(47-16-5-6-17-48(45)47)36-20-22-38(23-21-36)52-34-56-51(33-57-52)37-11-3-2-4-12-37/h2-34H,1H3. The first-order valence-electron chi connectivity index (χ1n) is 19.6. The van der Waals surface area contributed by atoms with E-state index in [4.69, 9.17) is 9.97 Å². The fraction of sp³-hybridized carbons (Fsp3) is 0.0182. The summed E-state index contributed by atoms with van der Waals surface area (Å²) in [4.78, 5) is 9.44. The van der Waals surface area contributed by atoms with Crippen molar-refractivity contribution in [3.63, 3.8) is 0 Å². The van der Waals surface area contributed by atoms with Crippen LogP contribution in [0.5, 0.6) is 0 Å². The van der Waals surface area contributed by atoms with Crippen molar-refractivity contribution in [1.82, 2.24) is 9.97 Å². The highest BCUT2D eigenvalue weighted by Gasteiger charge is 2.16. The van der Waals surface area contributed by atoms with Gasteiger partial charge in [0.25, 0.3) is 0 Å². The number of nitrogens with zero attached hydrogens (tertiary/aromatic N) is 2. The largest absolute Gasteiger partial charge is 0.252 e. The van der Waals surface area contributed by atoms with E-state index in [1.165, 1.54) is 92.8 Å². The maximum Gasteiger partial charge on any atom is 0.0885 e. The lowest BCUT2D eigenvalue weighted by Crippen LogP contribution is -1.90. The molecule has 2 heteroatoms. The molecule has 0 aliphatic carbocycles. The van der Waals surface area contributed by atoms with Gasteiger partial charge in [0, 0.05) is 11.1 Å². The second-order valence-corrected chi connectivity index (χ2v) is 15.0. The van der Waals surface area contributed by atoms with Crippen LogP contribution in [-0.4, -0.2) is 9.97 Å². The number of benzene rings is 10. The quantitative estimate of drug-likeness (QED) is 0.165. The monoisotopic (exact) mass is 724 g/mol. The summed E-state index contributed by atoms with van der Waals surface area (Å²) in [6.07, 6.45) is 3.72. The van der Waals surface area contributed by atoms with Crippen molar-refractivity contribution in [1.29, 1.82) is 0 Å². The van der Waals surface area contributed by atoms with Crippen molar-refractivity contribution < 1.29 is 0 Å². The molecule has 11 aromatic rings. The van der Waals surface area contributed by atoms with Crippen molar-refractivity contribution in [2.24, 2.45) is 0 Å². The smallest absolute Gasteiger partial charge is 0.0885 e. The van der Waals surface area contributed by atoms with Crippen LogP contribution in [-0.2, 0) is 0 Å². The molecule has 0 saturated heterocycles. The highest BCUT2D eigenvalue weighted by molar-refractivity contribution is 6.22. The first kappa shape index (κ1) is 33.0. The van der Waals surface area contributed by atoms with Gasteiger partial charge in [-0.15, -0.1) is 0 Å². The van der Waals surface area contributed by atoms with Crippen LogP contribution in [0.4, 0.5) is 0 Å². The van der Waals surface area contributed by atoms with E-state index in [1.54, 1.807) is 0 Å². The minimum atomic E-state index is 0.860. The minimum Gasteiger partial charge on any atom is -0.252 e. The molecule has 0 fully saturated rings. The first-order chi connectivity index (χ1) is 28.2. The van der Waals surface area contributed by atoms with E-state index in [0.717, 1.165) is 22.5 Å². The van der Waals surface area contributed by atoms with Gasteiger partial charge in [-0.1, -0.05) is 182 Å². The molecule has 0 bridgehead atoms. The van der Waals surface area contributed by atoms with E-state index in [-0.39, 0.29) is 0 Å². The number of hydrogen-bond acceptors (Lipinski definition) is 2. The van der Waals surface area contributed by atoms with Gasteiger partial charge in [0.1, 0.15) is 0 Å². The molecule has 1 aromatic heterocycles. The predicted octanol–water partition coefficient (Wildman–Crippen LogP) is 14.9. The van der Waals surface area contributed by atoms with E-state index in [0.29, 0.717) is 0 Å². The molecule has 11 rings (SSSR count). The highest BCUT2D eigenvalue weighted by Crippen LogP contribution is 2.43. The van der Waals surface area contributed by atoms with Gasteiger partial charge in [0.15, 0.2) is 0 Å². The molecule has 0 radical (unpaired) electrons. The first-order valence-corrected chi connectivity index (χ1v) is 19.6. The molecule has 0 amide bonds. The summed E-state index contributed by atoms with van der Waals surface area (Å²) in [6.45, 7) is 2.23. The molecule has 0 saturated carbocycles. The van der Waals surface area contributed by atoms with Crippen molar-refractivity contribution in [3.05, 3.63) is 206 Å². The molecule has 0 aliphatic heterocycles. The molecular formula is C55H36N2. The lowest BCUT2D eigenvalue weighted by atomic mass is 9.87. The predicted molar refractivity (Wildman–Crippen MR) is 241 cm³/mol. The summed E-state index contributed by atoms with van der Waals surface area (Å²) >= 11 is 0. The van der Waals surface area contributed by atoms with Crippen molar-refractivity contribution >= 4 is 53.9 Å². The van der Waals surface area contributed by atoms with Crippen LogP contribution in [0.1, 0.15) is 5.56 Å². The zero-order valence-electron chi connectivity index (χ0n) is 31.4. The van der Waals surface area contributed by atoms with Crippen LogP contribution >= 0.6 is 0 Å². The van der Waals surface area contributed by atoms with E-state index in [9.17, 15) is 0 Å². The third kappa shape index (κ3) is 5.57. The molecule has 1 heterocycles. The van der Waals surface area contributed by atoms with Crippen molar-refractivity contribution in [2.75, 3.05) is 0 Å². The average molecular weight is 725 g/mol. The van der Waals surface area contributed by atoms with E-state index >= 15 is 0 Å². The third-order valence-electron chi connectivity index (χ3n) is 11.7. The van der Waals surface area contributed by atoms with E-state index in [1.807, 2.05) is 30.6 Å². The summed E-state index contributed by atoms with van der Waals surface area (Å²) in [5.74, 6) is 0.